The highest BCUT2D eigenvalue weighted by Gasteiger charge is 2.00. The lowest BCUT2D eigenvalue weighted by Crippen LogP contribution is -1.88. The number of aromatic nitrogens is 2. The summed E-state index contributed by atoms with van der Waals surface area (Å²) in [7, 11) is 0. The Morgan fingerprint density at radius 2 is 1.92 bits per heavy atom. The molecule has 0 aliphatic carbocycles. The minimum Gasteiger partial charge on any atom is -0.384 e. The van der Waals surface area contributed by atoms with Crippen molar-refractivity contribution in [2.45, 2.75) is 0 Å². The minimum atomic E-state index is 0. The molecule has 4 nitrogen and oxygen atoms in total. The first-order chi connectivity index (χ1) is 5.25. The normalized spacial score (nSPS) is 9.67. The van der Waals surface area contributed by atoms with Crippen LogP contribution < -0.4 is 11.5 Å². The van der Waals surface area contributed by atoms with Crippen LogP contribution in [0.4, 0.5) is 10.9 Å². The molecule has 0 saturated heterocycles. The van der Waals surface area contributed by atoms with Crippen molar-refractivity contribution < 1.29 is 0 Å². The zero-order valence-electron chi connectivity index (χ0n) is 6.02. The summed E-state index contributed by atoms with van der Waals surface area (Å²) in [6, 6.07) is 3.60. The van der Waals surface area contributed by atoms with Gasteiger partial charge in [-0.25, -0.2) is 9.97 Å². The quantitative estimate of drug-likeness (QED) is 0.675. The molecule has 0 unspecified atom stereocenters. The van der Waals surface area contributed by atoms with Crippen LogP contribution >= 0.6 is 23.7 Å². The third-order valence-electron chi connectivity index (χ3n) is 1.29. The van der Waals surface area contributed by atoms with Gasteiger partial charge in [-0.05, 0) is 12.1 Å². The van der Waals surface area contributed by atoms with E-state index in [1.54, 1.807) is 6.07 Å². The molecule has 4 N–H and O–H groups in total. The van der Waals surface area contributed by atoms with Crippen molar-refractivity contribution >= 4 is 45.0 Å². The molecule has 64 valence electrons. The van der Waals surface area contributed by atoms with Crippen LogP contribution in [0.15, 0.2) is 12.1 Å². The fraction of sp³-hybridized carbons (Fsp3) is 0. The maximum Gasteiger partial charge on any atom is 0.182 e. The van der Waals surface area contributed by atoms with E-state index in [0.717, 1.165) is 4.70 Å². The second kappa shape index (κ2) is 3.12. The predicted octanol–water partition coefficient (Wildman–Crippen LogP) is 1.28. The van der Waals surface area contributed by atoms with Gasteiger partial charge in [0, 0.05) is 0 Å². The average Bonchev–Trinajstić information content (AvgIpc) is 2.27. The van der Waals surface area contributed by atoms with Crippen LogP contribution in [0.1, 0.15) is 0 Å². The van der Waals surface area contributed by atoms with Crippen LogP contribution in [0.2, 0.25) is 0 Å². The number of nitrogen functional groups attached to an aromatic ring is 2. The molecule has 0 amide bonds. The predicted molar refractivity (Wildman–Crippen MR) is 53.5 cm³/mol. The van der Waals surface area contributed by atoms with Gasteiger partial charge in [-0.2, -0.15) is 0 Å². The van der Waals surface area contributed by atoms with Crippen LogP contribution in [-0.2, 0) is 0 Å². The molecular formula is C6H7ClN4S. The highest BCUT2D eigenvalue weighted by atomic mass is 35.5. The van der Waals surface area contributed by atoms with Crippen LogP contribution in [0.3, 0.4) is 0 Å². The van der Waals surface area contributed by atoms with Gasteiger partial charge in [-0.1, -0.05) is 11.3 Å². The lowest BCUT2D eigenvalue weighted by atomic mass is 10.4. The van der Waals surface area contributed by atoms with Crippen LogP contribution in [0.5, 0.6) is 0 Å². The van der Waals surface area contributed by atoms with E-state index in [1.807, 2.05) is 6.07 Å². The summed E-state index contributed by atoms with van der Waals surface area (Å²) in [6.07, 6.45) is 0. The molecule has 0 fully saturated rings. The van der Waals surface area contributed by atoms with Crippen molar-refractivity contribution in [3.8, 4) is 0 Å². The van der Waals surface area contributed by atoms with Crippen LogP contribution in [0, 0.1) is 0 Å². The lowest BCUT2D eigenvalue weighted by Gasteiger charge is -1.87. The van der Waals surface area contributed by atoms with E-state index in [4.69, 9.17) is 11.5 Å². The summed E-state index contributed by atoms with van der Waals surface area (Å²) in [6.45, 7) is 0. The number of pyridine rings is 1. The Morgan fingerprint density at radius 1 is 1.17 bits per heavy atom. The SMILES string of the molecule is Cl.Nc1ccc2sc(N)nc2n1. The van der Waals surface area contributed by atoms with E-state index in [9.17, 15) is 0 Å². The monoisotopic (exact) mass is 202 g/mol. The Bertz CT molecular complexity index is 399. The molecule has 2 heterocycles. The molecule has 2 aromatic heterocycles. The first kappa shape index (κ1) is 9.02. The average molecular weight is 203 g/mol. The highest BCUT2D eigenvalue weighted by molar-refractivity contribution is 7.21. The van der Waals surface area contributed by atoms with Gasteiger partial charge in [-0.15, -0.1) is 12.4 Å². The van der Waals surface area contributed by atoms with E-state index in [2.05, 4.69) is 9.97 Å². The van der Waals surface area contributed by atoms with Gasteiger partial charge in [-0.3, -0.25) is 0 Å². The number of nitrogens with zero attached hydrogens (tertiary/aromatic N) is 2. The molecule has 0 bridgehead atoms. The largest absolute Gasteiger partial charge is 0.384 e. The van der Waals surface area contributed by atoms with Gasteiger partial charge < -0.3 is 11.5 Å². The van der Waals surface area contributed by atoms with Gasteiger partial charge in [0.1, 0.15) is 5.82 Å². The Kier molecular flexibility index (Phi) is 2.35. The van der Waals surface area contributed by atoms with Crippen molar-refractivity contribution in [3.63, 3.8) is 0 Å². The number of halogens is 1. The van der Waals surface area contributed by atoms with Crippen molar-refractivity contribution in [1.29, 1.82) is 0 Å². The fourth-order valence-electron chi connectivity index (χ4n) is 0.850. The summed E-state index contributed by atoms with van der Waals surface area (Å²) in [4.78, 5) is 7.97. The van der Waals surface area contributed by atoms with Gasteiger partial charge in [0.25, 0.3) is 0 Å². The van der Waals surface area contributed by atoms with Crippen molar-refractivity contribution in [1.82, 2.24) is 9.97 Å². The molecule has 0 saturated carbocycles. The Morgan fingerprint density at radius 3 is 2.67 bits per heavy atom. The van der Waals surface area contributed by atoms with E-state index in [-0.39, 0.29) is 12.4 Å². The zero-order chi connectivity index (χ0) is 7.84. The number of fused-ring (bicyclic) bond motifs is 1. The minimum absolute atomic E-state index is 0. The van der Waals surface area contributed by atoms with Crippen molar-refractivity contribution in [3.05, 3.63) is 12.1 Å². The molecular weight excluding hydrogens is 196 g/mol. The van der Waals surface area contributed by atoms with Gasteiger partial charge >= 0.3 is 0 Å². The molecule has 0 aromatic carbocycles. The van der Waals surface area contributed by atoms with E-state index < -0.39 is 0 Å². The summed E-state index contributed by atoms with van der Waals surface area (Å²) < 4.78 is 0.969. The van der Waals surface area contributed by atoms with Crippen molar-refractivity contribution in [2.75, 3.05) is 11.5 Å². The standard InChI is InChI=1S/C6H6N4S.ClH/c7-4-2-1-3-5(9-4)10-6(8)11-3;/h1-2H,(H4,7,8,9,10);1H. The zero-order valence-corrected chi connectivity index (χ0v) is 7.65. The van der Waals surface area contributed by atoms with Gasteiger partial charge in [0.2, 0.25) is 0 Å². The Labute approximate surface area is 79.0 Å². The number of nitrogens with two attached hydrogens (primary N) is 2. The fourth-order valence-corrected chi connectivity index (χ4v) is 1.53. The van der Waals surface area contributed by atoms with Crippen LogP contribution in [-0.4, -0.2) is 9.97 Å². The first-order valence-electron chi connectivity index (χ1n) is 3.04. The number of rotatable bonds is 0. The third-order valence-corrected chi connectivity index (χ3v) is 2.13. The number of hydrogen-bond acceptors (Lipinski definition) is 5. The molecule has 0 aliphatic rings. The number of thiazole rings is 1. The van der Waals surface area contributed by atoms with E-state index >= 15 is 0 Å². The molecule has 0 spiro atoms. The second-order valence-electron chi connectivity index (χ2n) is 2.11. The van der Waals surface area contributed by atoms with Crippen molar-refractivity contribution in [2.24, 2.45) is 0 Å². The van der Waals surface area contributed by atoms with E-state index in [0.29, 0.717) is 16.6 Å². The summed E-state index contributed by atoms with van der Waals surface area (Å²) >= 11 is 1.41. The highest BCUT2D eigenvalue weighted by Crippen LogP contribution is 2.22. The Hall–Kier alpha value is -1.07. The number of anilines is 2. The topological polar surface area (TPSA) is 77.8 Å². The summed E-state index contributed by atoms with van der Waals surface area (Å²) in [5, 5.41) is 0.526. The lowest BCUT2D eigenvalue weighted by molar-refractivity contribution is 1.34. The molecule has 2 aromatic rings. The third kappa shape index (κ3) is 1.41. The van der Waals surface area contributed by atoms with Gasteiger partial charge in [0.05, 0.1) is 4.70 Å². The maximum absolute atomic E-state index is 5.47. The summed E-state index contributed by atoms with van der Waals surface area (Å²) in [5.74, 6) is 0.475. The second-order valence-corrected chi connectivity index (χ2v) is 3.17. The smallest absolute Gasteiger partial charge is 0.182 e. The summed E-state index contributed by atoms with van der Waals surface area (Å²) in [5.41, 5.74) is 11.5. The Balaban J connectivity index is 0.000000720. The molecule has 0 radical (unpaired) electrons. The maximum atomic E-state index is 5.47. The molecule has 0 aliphatic heterocycles. The molecule has 6 heteroatoms. The van der Waals surface area contributed by atoms with Gasteiger partial charge in [0.15, 0.2) is 10.8 Å². The molecule has 12 heavy (non-hydrogen) atoms. The van der Waals surface area contributed by atoms with E-state index in [1.165, 1.54) is 11.3 Å². The van der Waals surface area contributed by atoms with Crippen LogP contribution in [0.25, 0.3) is 10.3 Å². The molecule has 0 atom stereocenters. The first-order valence-corrected chi connectivity index (χ1v) is 3.86. The molecule has 2 rings (SSSR count). The number of hydrogen-bond donors (Lipinski definition) is 2.